The van der Waals surface area contributed by atoms with E-state index in [0.29, 0.717) is 24.0 Å². The van der Waals surface area contributed by atoms with Gasteiger partial charge in [0, 0.05) is 11.5 Å². The molecule has 4 rings (SSSR count). The maximum Gasteiger partial charge on any atom is 0.166 e. The minimum absolute atomic E-state index is 0.0445. The summed E-state index contributed by atoms with van der Waals surface area (Å²) >= 11 is 0. The van der Waals surface area contributed by atoms with Gasteiger partial charge in [-0.3, -0.25) is 4.79 Å². The SMILES string of the molecule is CCCOc1ccc(C(=O)C2CCC3(CC2)CC(CCC)CC(c2ccccc2)O3)cc1OC. The number of hydrogen-bond acceptors (Lipinski definition) is 4. The van der Waals surface area contributed by atoms with Crippen LogP contribution in [-0.2, 0) is 4.74 Å². The van der Waals surface area contributed by atoms with E-state index in [9.17, 15) is 4.79 Å². The Bertz CT molecular complexity index is 930. The van der Waals surface area contributed by atoms with E-state index in [-0.39, 0.29) is 23.4 Å². The molecule has 4 nitrogen and oxygen atoms in total. The Labute approximate surface area is 205 Å². The molecule has 0 aromatic heterocycles. The highest BCUT2D eigenvalue weighted by Gasteiger charge is 2.45. The van der Waals surface area contributed by atoms with E-state index in [1.807, 2.05) is 18.2 Å². The van der Waals surface area contributed by atoms with Gasteiger partial charge in [0.2, 0.25) is 0 Å². The van der Waals surface area contributed by atoms with Crippen LogP contribution in [0, 0.1) is 11.8 Å². The molecule has 2 aromatic carbocycles. The van der Waals surface area contributed by atoms with Gasteiger partial charge in [0.1, 0.15) is 0 Å². The van der Waals surface area contributed by atoms with Gasteiger partial charge in [-0.1, -0.05) is 57.0 Å². The van der Waals surface area contributed by atoms with Gasteiger partial charge >= 0.3 is 0 Å². The van der Waals surface area contributed by atoms with E-state index < -0.39 is 0 Å². The van der Waals surface area contributed by atoms with Gasteiger partial charge in [-0.05, 0) is 74.6 Å². The second-order valence-electron chi connectivity index (χ2n) is 10.1. The summed E-state index contributed by atoms with van der Waals surface area (Å²) in [5.74, 6) is 2.29. The number of Topliss-reactive ketones (excluding diaryl/α,β-unsaturated/α-hetero) is 1. The van der Waals surface area contributed by atoms with Gasteiger partial charge in [0.15, 0.2) is 17.3 Å². The second-order valence-corrected chi connectivity index (χ2v) is 10.1. The van der Waals surface area contributed by atoms with Crippen molar-refractivity contribution in [1.29, 1.82) is 0 Å². The fourth-order valence-corrected chi connectivity index (χ4v) is 5.93. The highest BCUT2D eigenvalue weighted by atomic mass is 16.5. The number of benzene rings is 2. The molecule has 34 heavy (non-hydrogen) atoms. The highest BCUT2D eigenvalue weighted by Crippen LogP contribution is 2.49. The molecule has 1 heterocycles. The standard InChI is InChI=1S/C30H40O4/c1-4-9-22-19-27(23-10-7-6-8-11-23)34-30(21-22)16-14-24(15-17-30)29(31)25-12-13-26(33-18-5-2)28(20-25)32-3/h6-8,10-13,20,22,24,27H,4-5,9,14-19,21H2,1-3H3. The van der Waals surface area contributed by atoms with E-state index in [0.717, 1.165) is 50.5 Å². The van der Waals surface area contributed by atoms with Crippen LogP contribution < -0.4 is 9.47 Å². The zero-order chi connectivity index (χ0) is 24.0. The normalized spacial score (nSPS) is 26.9. The van der Waals surface area contributed by atoms with Crippen molar-refractivity contribution in [2.24, 2.45) is 11.8 Å². The molecule has 2 aromatic rings. The smallest absolute Gasteiger partial charge is 0.166 e. The third-order valence-corrected chi connectivity index (χ3v) is 7.65. The average Bonchev–Trinajstić information content (AvgIpc) is 2.88. The average molecular weight is 465 g/mol. The Kier molecular flexibility index (Phi) is 8.31. The predicted octanol–water partition coefficient (Wildman–Crippen LogP) is 7.56. The fraction of sp³-hybridized carbons (Fsp3) is 0.567. The molecule has 1 saturated heterocycles. The molecule has 1 spiro atoms. The Hall–Kier alpha value is -2.33. The first-order valence-electron chi connectivity index (χ1n) is 13.1. The van der Waals surface area contributed by atoms with E-state index in [1.165, 1.54) is 18.4 Å². The monoisotopic (exact) mass is 464 g/mol. The third kappa shape index (κ3) is 5.66. The van der Waals surface area contributed by atoms with Gasteiger partial charge in [-0.2, -0.15) is 0 Å². The maximum atomic E-state index is 13.4. The van der Waals surface area contributed by atoms with Crippen molar-refractivity contribution in [3.05, 3.63) is 59.7 Å². The van der Waals surface area contributed by atoms with Gasteiger partial charge in [0.25, 0.3) is 0 Å². The number of ketones is 1. The van der Waals surface area contributed by atoms with Crippen molar-refractivity contribution in [3.8, 4) is 11.5 Å². The maximum absolute atomic E-state index is 13.4. The van der Waals surface area contributed by atoms with Gasteiger partial charge in [0.05, 0.1) is 25.4 Å². The highest BCUT2D eigenvalue weighted by molar-refractivity contribution is 5.98. The number of hydrogen-bond donors (Lipinski definition) is 0. The summed E-state index contributed by atoms with van der Waals surface area (Å²) in [6.45, 7) is 4.99. The van der Waals surface area contributed by atoms with Crippen LogP contribution in [0.5, 0.6) is 11.5 Å². The minimum atomic E-state index is -0.0923. The van der Waals surface area contributed by atoms with Crippen LogP contribution in [0.3, 0.4) is 0 Å². The topological polar surface area (TPSA) is 44.8 Å². The first-order valence-corrected chi connectivity index (χ1v) is 13.1. The molecule has 4 heteroatoms. The van der Waals surface area contributed by atoms with E-state index in [2.05, 4.69) is 44.2 Å². The van der Waals surface area contributed by atoms with Crippen LogP contribution in [0.1, 0.15) is 93.7 Å². The molecule has 1 aliphatic heterocycles. The van der Waals surface area contributed by atoms with Gasteiger partial charge in [-0.15, -0.1) is 0 Å². The van der Waals surface area contributed by atoms with E-state index >= 15 is 0 Å². The van der Waals surface area contributed by atoms with Crippen LogP contribution in [-0.4, -0.2) is 25.1 Å². The molecule has 2 fully saturated rings. The summed E-state index contributed by atoms with van der Waals surface area (Å²) in [6, 6.07) is 16.3. The molecular formula is C30H40O4. The lowest BCUT2D eigenvalue weighted by atomic mass is 9.69. The quantitative estimate of drug-likeness (QED) is 0.359. The molecular weight excluding hydrogens is 424 g/mol. The Balaban J connectivity index is 1.44. The van der Waals surface area contributed by atoms with Crippen molar-refractivity contribution in [1.82, 2.24) is 0 Å². The number of ether oxygens (including phenoxy) is 3. The molecule has 0 N–H and O–H groups in total. The van der Waals surface area contributed by atoms with Crippen molar-refractivity contribution in [2.75, 3.05) is 13.7 Å². The Morgan fingerprint density at radius 1 is 1.03 bits per heavy atom. The molecule has 0 radical (unpaired) electrons. The van der Waals surface area contributed by atoms with Crippen molar-refractivity contribution in [3.63, 3.8) is 0 Å². The Morgan fingerprint density at radius 3 is 2.47 bits per heavy atom. The summed E-state index contributed by atoms with van der Waals surface area (Å²) in [4.78, 5) is 13.4. The first kappa shape index (κ1) is 24.8. The van der Waals surface area contributed by atoms with E-state index in [1.54, 1.807) is 7.11 Å². The van der Waals surface area contributed by atoms with Crippen LogP contribution in [0.25, 0.3) is 0 Å². The number of carbonyl (C=O) groups is 1. The molecule has 2 unspecified atom stereocenters. The summed E-state index contributed by atoms with van der Waals surface area (Å²) < 4.78 is 18.1. The Morgan fingerprint density at radius 2 is 1.79 bits per heavy atom. The molecule has 1 aliphatic carbocycles. The first-order chi connectivity index (χ1) is 16.6. The third-order valence-electron chi connectivity index (χ3n) is 7.65. The number of methoxy groups -OCH3 is 1. The van der Waals surface area contributed by atoms with Crippen LogP contribution >= 0.6 is 0 Å². The largest absolute Gasteiger partial charge is 0.493 e. The summed E-state index contributed by atoms with van der Waals surface area (Å²) in [5.41, 5.74) is 1.92. The van der Waals surface area contributed by atoms with Gasteiger partial charge < -0.3 is 14.2 Å². The van der Waals surface area contributed by atoms with Gasteiger partial charge in [-0.25, -0.2) is 0 Å². The molecule has 1 saturated carbocycles. The molecule has 0 amide bonds. The zero-order valence-electron chi connectivity index (χ0n) is 21.1. The lowest BCUT2D eigenvalue weighted by Gasteiger charge is -2.48. The summed E-state index contributed by atoms with van der Waals surface area (Å²) in [7, 11) is 1.63. The zero-order valence-corrected chi connectivity index (χ0v) is 21.1. The second kappa shape index (κ2) is 11.4. The molecule has 2 atom stereocenters. The number of carbonyl (C=O) groups excluding carboxylic acids is 1. The van der Waals surface area contributed by atoms with Crippen molar-refractivity contribution in [2.45, 2.75) is 83.3 Å². The van der Waals surface area contributed by atoms with Crippen LogP contribution in [0.15, 0.2) is 48.5 Å². The minimum Gasteiger partial charge on any atom is -0.493 e. The van der Waals surface area contributed by atoms with Crippen molar-refractivity contribution < 1.29 is 19.0 Å². The van der Waals surface area contributed by atoms with Crippen molar-refractivity contribution >= 4 is 5.78 Å². The fourth-order valence-electron chi connectivity index (χ4n) is 5.93. The molecule has 2 aliphatic rings. The van der Waals surface area contributed by atoms with Crippen LogP contribution in [0.2, 0.25) is 0 Å². The summed E-state index contributed by atoms with van der Waals surface area (Å²) in [5, 5.41) is 0. The lowest BCUT2D eigenvalue weighted by Crippen LogP contribution is -2.44. The lowest BCUT2D eigenvalue weighted by molar-refractivity contribution is -0.168. The number of rotatable bonds is 9. The molecule has 184 valence electrons. The predicted molar refractivity (Wildman–Crippen MR) is 136 cm³/mol. The summed E-state index contributed by atoms with van der Waals surface area (Å²) in [6.07, 6.45) is 9.48. The van der Waals surface area contributed by atoms with Crippen LogP contribution in [0.4, 0.5) is 0 Å². The molecule has 0 bridgehead atoms. The van der Waals surface area contributed by atoms with E-state index in [4.69, 9.17) is 14.2 Å².